The molecule has 25 heavy (non-hydrogen) atoms. The van der Waals surface area contributed by atoms with Crippen molar-refractivity contribution in [2.24, 2.45) is 0 Å². The molecule has 0 spiro atoms. The number of esters is 1. The number of thioether (sulfide) groups is 1. The Balaban J connectivity index is 2.00. The van der Waals surface area contributed by atoms with E-state index in [9.17, 15) is 9.59 Å². The van der Waals surface area contributed by atoms with Crippen molar-refractivity contribution in [1.29, 1.82) is 0 Å². The molecule has 1 unspecified atom stereocenters. The predicted molar refractivity (Wildman–Crippen MR) is 93.3 cm³/mol. The Bertz CT molecular complexity index is 628. The fourth-order valence-corrected chi connectivity index (χ4v) is 3.07. The SMILES string of the molecule is COC(=O)C(CNC(=O)OC(C)(C)C)Sc1ccc2c(c1)OCCO2. The predicted octanol–water partition coefficient (Wildman–Crippen LogP) is 2.62. The van der Waals surface area contributed by atoms with E-state index in [-0.39, 0.29) is 6.54 Å². The molecule has 0 radical (unpaired) electrons. The molecule has 2 rings (SSSR count). The first-order valence-corrected chi connectivity index (χ1v) is 8.77. The first-order chi connectivity index (χ1) is 11.8. The maximum Gasteiger partial charge on any atom is 0.407 e. The van der Waals surface area contributed by atoms with Gasteiger partial charge in [-0.15, -0.1) is 11.8 Å². The monoisotopic (exact) mass is 369 g/mol. The molecule has 1 heterocycles. The van der Waals surface area contributed by atoms with Crippen LogP contribution >= 0.6 is 11.8 Å². The van der Waals surface area contributed by atoms with Crippen LogP contribution in [0.2, 0.25) is 0 Å². The van der Waals surface area contributed by atoms with Gasteiger partial charge >= 0.3 is 12.1 Å². The van der Waals surface area contributed by atoms with Crippen molar-refractivity contribution >= 4 is 23.8 Å². The number of nitrogens with one attached hydrogen (secondary N) is 1. The van der Waals surface area contributed by atoms with Crippen LogP contribution in [-0.4, -0.2) is 49.8 Å². The van der Waals surface area contributed by atoms with Gasteiger partial charge in [-0.25, -0.2) is 4.79 Å². The highest BCUT2D eigenvalue weighted by Crippen LogP contribution is 2.35. The Kier molecular flexibility index (Phi) is 6.41. The van der Waals surface area contributed by atoms with E-state index in [1.807, 2.05) is 12.1 Å². The van der Waals surface area contributed by atoms with E-state index in [1.165, 1.54) is 18.9 Å². The van der Waals surface area contributed by atoms with E-state index < -0.39 is 22.9 Å². The van der Waals surface area contributed by atoms with Crippen LogP contribution in [0.25, 0.3) is 0 Å². The number of alkyl carbamates (subject to hydrolysis) is 1. The van der Waals surface area contributed by atoms with Gasteiger partial charge in [-0.1, -0.05) is 0 Å². The van der Waals surface area contributed by atoms with E-state index in [1.54, 1.807) is 26.8 Å². The van der Waals surface area contributed by atoms with Crippen molar-refractivity contribution in [2.45, 2.75) is 36.5 Å². The Morgan fingerprint density at radius 2 is 1.92 bits per heavy atom. The molecule has 1 aromatic carbocycles. The molecule has 0 saturated carbocycles. The second kappa shape index (κ2) is 8.33. The Labute approximate surface area is 151 Å². The molecule has 0 saturated heterocycles. The van der Waals surface area contributed by atoms with Crippen LogP contribution in [0.1, 0.15) is 20.8 Å². The van der Waals surface area contributed by atoms with Crippen LogP contribution in [0, 0.1) is 0 Å². The Hall–Kier alpha value is -2.09. The van der Waals surface area contributed by atoms with Crippen molar-refractivity contribution in [3.8, 4) is 11.5 Å². The summed E-state index contributed by atoms with van der Waals surface area (Å²) in [6.45, 7) is 6.41. The van der Waals surface area contributed by atoms with Crippen molar-refractivity contribution in [3.05, 3.63) is 18.2 Å². The van der Waals surface area contributed by atoms with Gasteiger partial charge in [-0.05, 0) is 39.0 Å². The van der Waals surface area contributed by atoms with Gasteiger partial charge in [-0.2, -0.15) is 0 Å². The third kappa shape index (κ3) is 6.04. The van der Waals surface area contributed by atoms with Gasteiger partial charge in [0.25, 0.3) is 0 Å². The lowest BCUT2D eigenvalue weighted by Gasteiger charge is -2.22. The smallest absolute Gasteiger partial charge is 0.407 e. The van der Waals surface area contributed by atoms with Crippen molar-refractivity contribution < 1.29 is 28.5 Å². The normalized spacial score (nSPS) is 14.4. The maximum atomic E-state index is 12.0. The van der Waals surface area contributed by atoms with Gasteiger partial charge < -0.3 is 24.3 Å². The summed E-state index contributed by atoms with van der Waals surface area (Å²) >= 11 is 1.27. The molecule has 1 aromatic rings. The minimum Gasteiger partial charge on any atom is -0.486 e. The van der Waals surface area contributed by atoms with Crippen LogP contribution in [-0.2, 0) is 14.3 Å². The molecule has 7 nitrogen and oxygen atoms in total. The number of hydrogen-bond donors (Lipinski definition) is 1. The minimum atomic E-state index is -0.611. The van der Waals surface area contributed by atoms with Crippen LogP contribution in [0.5, 0.6) is 11.5 Å². The quantitative estimate of drug-likeness (QED) is 0.631. The highest BCUT2D eigenvalue weighted by atomic mass is 32.2. The van der Waals surface area contributed by atoms with Crippen LogP contribution in [0.3, 0.4) is 0 Å². The molecule has 0 aromatic heterocycles. The van der Waals surface area contributed by atoms with Gasteiger partial charge in [-0.3, -0.25) is 4.79 Å². The number of rotatable bonds is 5. The first-order valence-electron chi connectivity index (χ1n) is 7.89. The third-order valence-corrected chi connectivity index (χ3v) is 4.26. The van der Waals surface area contributed by atoms with Gasteiger partial charge in [0.05, 0.1) is 7.11 Å². The zero-order chi connectivity index (χ0) is 18.4. The molecule has 1 aliphatic rings. The Morgan fingerprint density at radius 1 is 1.24 bits per heavy atom. The average Bonchev–Trinajstić information content (AvgIpc) is 2.56. The summed E-state index contributed by atoms with van der Waals surface area (Å²) in [6.07, 6.45) is -0.579. The van der Waals surface area contributed by atoms with Crippen LogP contribution in [0.15, 0.2) is 23.1 Å². The lowest BCUT2D eigenvalue weighted by Crippen LogP contribution is -2.38. The van der Waals surface area contributed by atoms with E-state index in [2.05, 4.69) is 5.32 Å². The molecular formula is C17H23NO6S. The summed E-state index contributed by atoms with van der Waals surface area (Å²) in [7, 11) is 1.31. The Morgan fingerprint density at radius 3 is 2.56 bits per heavy atom. The summed E-state index contributed by atoms with van der Waals surface area (Å²) < 4.78 is 21.0. The molecule has 0 fully saturated rings. The zero-order valence-electron chi connectivity index (χ0n) is 14.8. The fourth-order valence-electron chi connectivity index (χ4n) is 2.06. The van der Waals surface area contributed by atoms with Gasteiger partial charge in [0, 0.05) is 11.4 Å². The summed E-state index contributed by atoms with van der Waals surface area (Å²) in [4.78, 5) is 24.6. The molecule has 138 valence electrons. The first kappa shape index (κ1) is 19.2. The lowest BCUT2D eigenvalue weighted by atomic mass is 10.2. The zero-order valence-corrected chi connectivity index (χ0v) is 15.6. The lowest BCUT2D eigenvalue weighted by molar-refractivity contribution is -0.139. The molecule has 0 bridgehead atoms. The number of hydrogen-bond acceptors (Lipinski definition) is 7. The second-order valence-corrected chi connectivity index (χ2v) is 7.59. The summed E-state index contributed by atoms with van der Waals surface area (Å²) in [6, 6.07) is 5.44. The number of carbonyl (C=O) groups excluding carboxylic acids is 2. The molecule has 0 aliphatic carbocycles. The van der Waals surface area contributed by atoms with Crippen molar-refractivity contribution in [1.82, 2.24) is 5.32 Å². The highest BCUT2D eigenvalue weighted by Gasteiger charge is 2.24. The molecular weight excluding hydrogens is 346 g/mol. The highest BCUT2D eigenvalue weighted by molar-refractivity contribution is 8.00. The molecule has 1 aliphatic heterocycles. The van der Waals surface area contributed by atoms with Crippen LogP contribution < -0.4 is 14.8 Å². The number of ether oxygens (including phenoxy) is 4. The van der Waals surface area contributed by atoms with E-state index in [0.717, 1.165) is 4.90 Å². The van der Waals surface area contributed by atoms with Gasteiger partial charge in [0.1, 0.15) is 24.1 Å². The average molecular weight is 369 g/mol. The standard InChI is InChI=1S/C17H23NO6S/c1-17(2,3)24-16(20)18-10-14(15(19)21-4)25-11-5-6-12-13(9-11)23-8-7-22-12/h5-6,9,14H,7-8,10H2,1-4H3,(H,18,20). The number of carbonyl (C=O) groups is 2. The summed E-state index contributed by atoms with van der Waals surface area (Å²) in [5.41, 5.74) is -0.603. The minimum absolute atomic E-state index is 0.0840. The van der Waals surface area contributed by atoms with E-state index in [4.69, 9.17) is 18.9 Å². The molecule has 8 heteroatoms. The number of benzene rings is 1. The van der Waals surface area contributed by atoms with Gasteiger partial charge in [0.2, 0.25) is 0 Å². The number of fused-ring (bicyclic) bond motifs is 1. The molecule has 1 atom stereocenters. The fraction of sp³-hybridized carbons (Fsp3) is 0.529. The van der Waals surface area contributed by atoms with Gasteiger partial charge in [0.15, 0.2) is 11.5 Å². The van der Waals surface area contributed by atoms with Crippen LogP contribution in [0.4, 0.5) is 4.79 Å². The molecule has 1 N–H and O–H groups in total. The topological polar surface area (TPSA) is 83.1 Å². The maximum absolute atomic E-state index is 12.0. The van der Waals surface area contributed by atoms with Crippen molar-refractivity contribution in [2.75, 3.05) is 26.9 Å². The summed E-state index contributed by atoms with van der Waals surface area (Å²) in [5.74, 6) is 0.882. The van der Waals surface area contributed by atoms with E-state index >= 15 is 0 Å². The van der Waals surface area contributed by atoms with E-state index in [0.29, 0.717) is 24.7 Å². The molecule has 1 amide bonds. The number of methoxy groups -OCH3 is 1. The number of amides is 1. The third-order valence-electron chi connectivity index (χ3n) is 3.09. The largest absolute Gasteiger partial charge is 0.486 e. The second-order valence-electron chi connectivity index (χ2n) is 6.32. The summed E-state index contributed by atoms with van der Waals surface area (Å²) in [5, 5.41) is 1.99. The van der Waals surface area contributed by atoms with Crippen molar-refractivity contribution in [3.63, 3.8) is 0 Å².